The van der Waals surface area contributed by atoms with E-state index in [0.717, 1.165) is 10.7 Å². The average Bonchev–Trinajstić information content (AvgIpc) is 2.81. The Bertz CT molecular complexity index is 555. The summed E-state index contributed by atoms with van der Waals surface area (Å²) in [6, 6.07) is 7.38. The van der Waals surface area contributed by atoms with Crippen molar-refractivity contribution in [3.63, 3.8) is 0 Å². The number of aryl methyl sites for hydroxylation is 1. The lowest BCUT2D eigenvalue weighted by molar-refractivity contribution is -0.118. The van der Waals surface area contributed by atoms with Gasteiger partial charge < -0.3 is 9.88 Å². The van der Waals surface area contributed by atoms with Crippen molar-refractivity contribution in [2.45, 2.75) is 11.7 Å². The summed E-state index contributed by atoms with van der Waals surface area (Å²) in [5, 5.41) is 11.9. The monoisotopic (exact) mass is 296 g/mol. The molecule has 0 saturated carbocycles. The molecule has 0 atom stereocenters. The summed E-state index contributed by atoms with van der Waals surface area (Å²) in [6.45, 7) is 0.495. The third-order valence-electron chi connectivity index (χ3n) is 2.41. The zero-order valence-electron chi connectivity index (χ0n) is 10.3. The number of hydrogen-bond donors (Lipinski definition) is 1. The molecule has 0 fully saturated rings. The fourth-order valence-electron chi connectivity index (χ4n) is 1.39. The zero-order chi connectivity index (χ0) is 13.7. The summed E-state index contributed by atoms with van der Waals surface area (Å²) >= 11 is 7.15. The third-order valence-corrected chi connectivity index (χ3v) is 3.69. The number of hydrogen-bond acceptors (Lipinski definition) is 4. The van der Waals surface area contributed by atoms with Gasteiger partial charge in [-0.25, -0.2) is 0 Å². The highest BCUT2D eigenvalue weighted by Crippen LogP contribution is 2.13. The van der Waals surface area contributed by atoms with E-state index in [4.69, 9.17) is 11.6 Å². The molecule has 0 spiro atoms. The standard InChI is InChI=1S/C12H13ClN4OS/c1-17-8-15-16-12(17)19-7-11(18)14-6-9-2-4-10(13)5-3-9/h2-5,8H,6-7H2,1H3,(H,14,18). The van der Waals surface area contributed by atoms with Crippen LogP contribution in [0.2, 0.25) is 5.02 Å². The predicted octanol–water partition coefficient (Wildman–Crippen LogP) is 1.88. The lowest BCUT2D eigenvalue weighted by atomic mass is 10.2. The smallest absolute Gasteiger partial charge is 0.230 e. The maximum atomic E-state index is 11.7. The molecule has 0 aliphatic heterocycles. The number of nitrogens with zero attached hydrogens (tertiary/aromatic N) is 3. The van der Waals surface area contributed by atoms with Crippen LogP contribution in [0.4, 0.5) is 0 Å². The van der Waals surface area contributed by atoms with E-state index in [9.17, 15) is 4.79 Å². The lowest BCUT2D eigenvalue weighted by Gasteiger charge is -2.05. The van der Waals surface area contributed by atoms with E-state index in [0.29, 0.717) is 17.3 Å². The number of halogens is 1. The van der Waals surface area contributed by atoms with Crippen molar-refractivity contribution in [1.29, 1.82) is 0 Å². The average molecular weight is 297 g/mol. The fourth-order valence-corrected chi connectivity index (χ4v) is 2.23. The van der Waals surface area contributed by atoms with Gasteiger partial charge in [0.25, 0.3) is 0 Å². The first-order valence-corrected chi connectivity index (χ1v) is 6.99. The summed E-state index contributed by atoms with van der Waals surface area (Å²) in [6.07, 6.45) is 1.61. The van der Waals surface area contributed by atoms with E-state index < -0.39 is 0 Å². The minimum absolute atomic E-state index is 0.0389. The van der Waals surface area contributed by atoms with E-state index in [2.05, 4.69) is 15.5 Å². The van der Waals surface area contributed by atoms with Crippen molar-refractivity contribution in [3.05, 3.63) is 41.2 Å². The molecule has 19 heavy (non-hydrogen) atoms. The van der Waals surface area contributed by atoms with E-state index in [1.807, 2.05) is 19.2 Å². The zero-order valence-corrected chi connectivity index (χ0v) is 11.9. The van der Waals surface area contributed by atoms with Gasteiger partial charge in [-0.05, 0) is 17.7 Å². The first-order valence-electron chi connectivity index (χ1n) is 5.63. The minimum Gasteiger partial charge on any atom is -0.351 e. The van der Waals surface area contributed by atoms with Crippen molar-refractivity contribution >= 4 is 29.3 Å². The number of aromatic nitrogens is 3. The molecule has 0 saturated heterocycles. The molecule has 0 unspecified atom stereocenters. The van der Waals surface area contributed by atoms with E-state index in [-0.39, 0.29) is 5.91 Å². The molecule has 2 aromatic rings. The van der Waals surface area contributed by atoms with Gasteiger partial charge in [0.1, 0.15) is 6.33 Å². The maximum Gasteiger partial charge on any atom is 0.230 e. The number of amides is 1. The van der Waals surface area contributed by atoms with Gasteiger partial charge in [-0.15, -0.1) is 10.2 Å². The Balaban J connectivity index is 1.76. The SMILES string of the molecule is Cn1cnnc1SCC(=O)NCc1ccc(Cl)cc1. The third kappa shape index (κ3) is 4.25. The topological polar surface area (TPSA) is 59.8 Å². The molecule has 1 heterocycles. The summed E-state index contributed by atoms with van der Waals surface area (Å²) < 4.78 is 1.77. The minimum atomic E-state index is -0.0389. The summed E-state index contributed by atoms with van der Waals surface area (Å²) in [5.74, 6) is 0.281. The fraction of sp³-hybridized carbons (Fsp3) is 0.250. The Morgan fingerprint density at radius 2 is 2.16 bits per heavy atom. The highest BCUT2D eigenvalue weighted by molar-refractivity contribution is 7.99. The molecular formula is C12H13ClN4OS. The van der Waals surface area contributed by atoms with Crippen LogP contribution in [0.25, 0.3) is 0 Å². The molecule has 100 valence electrons. The quantitative estimate of drug-likeness (QED) is 0.856. The second-order valence-electron chi connectivity index (χ2n) is 3.92. The molecule has 1 amide bonds. The Hall–Kier alpha value is -1.53. The summed E-state index contributed by atoms with van der Waals surface area (Å²) in [7, 11) is 1.84. The number of nitrogens with one attached hydrogen (secondary N) is 1. The van der Waals surface area contributed by atoms with Crippen molar-refractivity contribution in [3.8, 4) is 0 Å². The van der Waals surface area contributed by atoms with Crippen LogP contribution < -0.4 is 5.32 Å². The Labute approximate surface area is 120 Å². The summed E-state index contributed by atoms with van der Waals surface area (Å²) in [4.78, 5) is 11.7. The summed E-state index contributed by atoms with van der Waals surface area (Å²) in [5.41, 5.74) is 1.02. The van der Waals surface area contributed by atoms with E-state index >= 15 is 0 Å². The van der Waals surface area contributed by atoms with Crippen LogP contribution in [0.3, 0.4) is 0 Å². The van der Waals surface area contributed by atoms with Crippen LogP contribution in [-0.2, 0) is 18.4 Å². The van der Waals surface area contributed by atoms with Crippen LogP contribution >= 0.6 is 23.4 Å². The largest absolute Gasteiger partial charge is 0.351 e. The normalized spacial score (nSPS) is 10.4. The van der Waals surface area contributed by atoms with Crippen molar-refractivity contribution < 1.29 is 4.79 Å². The van der Waals surface area contributed by atoms with Gasteiger partial charge in [-0.3, -0.25) is 4.79 Å². The molecule has 1 aromatic carbocycles. The van der Waals surface area contributed by atoms with E-state index in [1.54, 1.807) is 23.0 Å². The predicted molar refractivity (Wildman–Crippen MR) is 75.0 cm³/mol. The Kier molecular flexibility index (Phi) is 4.81. The molecule has 0 aliphatic carbocycles. The van der Waals surface area contributed by atoms with Crippen LogP contribution in [0.5, 0.6) is 0 Å². The highest BCUT2D eigenvalue weighted by Gasteiger charge is 2.06. The Morgan fingerprint density at radius 3 is 2.79 bits per heavy atom. The van der Waals surface area contributed by atoms with Crippen LogP contribution in [0.15, 0.2) is 35.7 Å². The molecular weight excluding hydrogens is 284 g/mol. The lowest BCUT2D eigenvalue weighted by Crippen LogP contribution is -2.24. The molecule has 1 N–H and O–H groups in total. The second kappa shape index (κ2) is 6.58. The second-order valence-corrected chi connectivity index (χ2v) is 5.30. The molecule has 5 nitrogen and oxygen atoms in total. The van der Waals surface area contributed by atoms with Gasteiger partial charge in [0.05, 0.1) is 5.75 Å². The van der Waals surface area contributed by atoms with Gasteiger partial charge in [0.15, 0.2) is 5.16 Å². The van der Waals surface area contributed by atoms with E-state index in [1.165, 1.54) is 11.8 Å². The maximum absolute atomic E-state index is 11.7. The Morgan fingerprint density at radius 1 is 1.42 bits per heavy atom. The van der Waals surface area contributed by atoms with Gasteiger partial charge in [-0.1, -0.05) is 35.5 Å². The van der Waals surface area contributed by atoms with Crippen LogP contribution in [-0.4, -0.2) is 26.4 Å². The molecule has 7 heteroatoms. The van der Waals surface area contributed by atoms with Crippen molar-refractivity contribution in [2.24, 2.45) is 7.05 Å². The number of thioether (sulfide) groups is 1. The molecule has 0 bridgehead atoms. The van der Waals surface area contributed by atoms with Gasteiger partial charge >= 0.3 is 0 Å². The molecule has 2 rings (SSSR count). The van der Waals surface area contributed by atoms with Gasteiger partial charge in [0, 0.05) is 18.6 Å². The number of carbonyl (C=O) groups is 1. The number of benzene rings is 1. The first-order chi connectivity index (χ1) is 9.15. The van der Waals surface area contributed by atoms with Gasteiger partial charge in [-0.2, -0.15) is 0 Å². The molecule has 0 radical (unpaired) electrons. The molecule has 0 aliphatic rings. The van der Waals surface area contributed by atoms with Crippen molar-refractivity contribution in [1.82, 2.24) is 20.1 Å². The highest BCUT2D eigenvalue weighted by atomic mass is 35.5. The van der Waals surface area contributed by atoms with Gasteiger partial charge in [0.2, 0.25) is 5.91 Å². The first kappa shape index (κ1) is 13.9. The van der Waals surface area contributed by atoms with Crippen LogP contribution in [0, 0.1) is 0 Å². The van der Waals surface area contributed by atoms with Crippen molar-refractivity contribution in [2.75, 3.05) is 5.75 Å². The van der Waals surface area contributed by atoms with Crippen LogP contribution in [0.1, 0.15) is 5.56 Å². The molecule has 1 aromatic heterocycles. The number of rotatable bonds is 5. The number of carbonyl (C=O) groups excluding carboxylic acids is 1.